The van der Waals surface area contributed by atoms with E-state index < -0.39 is 0 Å². The minimum atomic E-state index is 0.145. The van der Waals surface area contributed by atoms with Gasteiger partial charge in [-0.15, -0.1) is 0 Å². The molecule has 0 aromatic heterocycles. The molecule has 0 bridgehead atoms. The summed E-state index contributed by atoms with van der Waals surface area (Å²) in [5, 5.41) is 0. The van der Waals surface area contributed by atoms with E-state index in [9.17, 15) is 0 Å². The lowest BCUT2D eigenvalue weighted by atomic mass is 9.96. The molecule has 2 heteroatoms. The van der Waals surface area contributed by atoms with Crippen molar-refractivity contribution in [1.82, 2.24) is 0 Å². The van der Waals surface area contributed by atoms with E-state index in [1.807, 2.05) is 0 Å². The normalized spacial score (nSPS) is 61.8. The monoisotopic (exact) mass is 158 g/mol. The maximum atomic E-state index is 4.48. The molecule has 0 radical (unpaired) electrons. The lowest BCUT2D eigenvalue weighted by Crippen LogP contribution is -2.23. The van der Waals surface area contributed by atoms with Gasteiger partial charge in [0.2, 0.25) is 0 Å². The largest absolute Gasteiger partial charge is 0.168 e. The summed E-state index contributed by atoms with van der Waals surface area (Å²) in [4.78, 5) is 0. The van der Waals surface area contributed by atoms with E-state index in [1.54, 1.807) is 0 Å². The van der Waals surface area contributed by atoms with Crippen molar-refractivity contribution in [3.63, 3.8) is 0 Å². The fourth-order valence-corrected chi connectivity index (χ4v) is 3.04. The molecule has 1 saturated carbocycles. The van der Waals surface area contributed by atoms with Crippen molar-refractivity contribution in [2.24, 2.45) is 5.92 Å². The molecule has 0 aliphatic heterocycles. The lowest BCUT2D eigenvalue weighted by Gasteiger charge is -2.24. The maximum Gasteiger partial charge on any atom is 0.0396 e. The van der Waals surface area contributed by atoms with Gasteiger partial charge in [0, 0.05) is 15.4 Å². The summed E-state index contributed by atoms with van der Waals surface area (Å²) in [6.45, 7) is 4.31. The Labute approximate surface area is 66.5 Å². The van der Waals surface area contributed by atoms with Gasteiger partial charge in [-0.25, -0.2) is 0 Å². The van der Waals surface area contributed by atoms with E-state index in [-0.39, 0.29) is 9.49 Å². The van der Waals surface area contributed by atoms with Crippen LogP contribution in [0.5, 0.6) is 0 Å². The molecule has 0 amide bonds. The van der Waals surface area contributed by atoms with Crippen LogP contribution in [0.2, 0.25) is 0 Å². The van der Waals surface area contributed by atoms with Crippen molar-refractivity contribution in [2.75, 3.05) is 0 Å². The summed E-state index contributed by atoms with van der Waals surface area (Å²) >= 11 is 8.95. The first-order chi connectivity index (χ1) is 3.96. The fourth-order valence-electron chi connectivity index (χ4n) is 1.87. The molecule has 0 aromatic carbocycles. The Morgan fingerprint density at radius 3 is 2.00 bits per heavy atom. The third kappa shape index (κ3) is 0.541. The van der Waals surface area contributed by atoms with Crippen LogP contribution in [0.4, 0.5) is 0 Å². The quantitative estimate of drug-likeness (QED) is 0.390. The zero-order chi connectivity index (χ0) is 6.86. The lowest BCUT2D eigenvalue weighted by molar-refractivity contribution is 0.642. The Balaban J connectivity index is 2.33. The van der Waals surface area contributed by atoms with Crippen LogP contribution in [-0.4, -0.2) is 9.49 Å². The first-order valence-corrected chi connectivity index (χ1v) is 4.04. The van der Waals surface area contributed by atoms with Gasteiger partial charge < -0.3 is 0 Å². The van der Waals surface area contributed by atoms with Gasteiger partial charge in [-0.1, -0.05) is 11.6 Å². The van der Waals surface area contributed by atoms with Gasteiger partial charge in [-0.2, -0.15) is 25.3 Å². The van der Waals surface area contributed by atoms with E-state index in [0.29, 0.717) is 5.92 Å². The average molecular weight is 158 g/mol. The van der Waals surface area contributed by atoms with Gasteiger partial charge >= 0.3 is 0 Å². The molecule has 2 rings (SSSR count). The van der Waals surface area contributed by atoms with E-state index in [4.69, 9.17) is 0 Å². The molecule has 0 saturated heterocycles. The van der Waals surface area contributed by atoms with Crippen LogP contribution >= 0.6 is 25.3 Å². The topological polar surface area (TPSA) is 0 Å². The molecule has 2 aliphatic rings. The van der Waals surface area contributed by atoms with Crippen molar-refractivity contribution in [3.8, 4) is 0 Å². The summed E-state index contributed by atoms with van der Waals surface area (Å²) < 4.78 is 0.336. The van der Waals surface area contributed by atoms with Gasteiger partial charge in [0.25, 0.3) is 0 Å². The molecule has 0 N–H and O–H groups in total. The van der Waals surface area contributed by atoms with Crippen LogP contribution in [0.3, 0.4) is 0 Å². The van der Waals surface area contributed by atoms with E-state index in [1.165, 1.54) is 5.57 Å². The number of rotatable bonds is 0. The molecule has 0 nitrogen and oxygen atoms in total. The second kappa shape index (κ2) is 1.24. The van der Waals surface area contributed by atoms with Crippen molar-refractivity contribution in [2.45, 2.75) is 23.3 Å². The Morgan fingerprint density at radius 1 is 1.44 bits per heavy atom. The van der Waals surface area contributed by atoms with Crippen LogP contribution in [0.15, 0.2) is 11.6 Å². The molecule has 1 fully saturated rings. The van der Waals surface area contributed by atoms with Gasteiger partial charge in [0.15, 0.2) is 0 Å². The highest BCUT2D eigenvalue weighted by molar-refractivity contribution is 7.84. The smallest absolute Gasteiger partial charge is 0.0396 e. The summed E-state index contributed by atoms with van der Waals surface area (Å²) in [5.41, 5.74) is 1.49. The van der Waals surface area contributed by atoms with Gasteiger partial charge in [-0.05, 0) is 13.8 Å². The number of fused-ring (bicyclic) bond motifs is 1. The highest BCUT2D eigenvalue weighted by Gasteiger charge is 2.67. The SMILES string of the molecule is CC1(S)C=C2C1C2(C)S. The van der Waals surface area contributed by atoms with Crippen molar-refractivity contribution < 1.29 is 0 Å². The van der Waals surface area contributed by atoms with Gasteiger partial charge in [0.1, 0.15) is 0 Å². The molecule has 3 atom stereocenters. The molecular formula is C7H10S2. The van der Waals surface area contributed by atoms with Crippen LogP contribution in [0.1, 0.15) is 13.8 Å². The minimum Gasteiger partial charge on any atom is -0.168 e. The van der Waals surface area contributed by atoms with Crippen LogP contribution in [0, 0.1) is 5.92 Å². The Morgan fingerprint density at radius 2 is 2.00 bits per heavy atom. The number of hydrogen-bond donors (Lipinski definition) is 2. The van der Waals surface area contributed by atoms with Crippen LogP contribution < -0.4 is 0 Å². The first-order valence-electron chi connectivity index (χ1n) is 3.14. The zero-order valence-electron chi connectivity index (χ0n) is 5.55. The van der Waals surface area contributed by atoms with Crippen molar-refractivity contribution in [1.29, 1.82) is 0 Å². The first kappa shape index (κ1) is 6.17. The highest BCUT2D eigenvalue weighted by atomic mass is 32.1. The molecule has 0 aromatic rings. The maximum absolute atomic E-state index is 4.48. The zero-order valence-corrected chi connectivity index (χ0v) is 7.34. The molecule has 9 heavy (non-hydrogen) atoms. The summed E-state index contributed by atoms with van der Waals surface area (Å²) in [5.74, 6) is 0.650. The molecule has 0 spiro atoms. The molecule has 2 aliphatic carbocycles. The summed E-state index contributed by atoms with van der Waals surface area (Å²) in [6.07, 6.45) is 2.22. The Hall–Kier alpha value is 0.440. The molecule has 0 heterocycles. The third-order valence-electron chi connectivity index (χ3n) is 2.41. The summed E-state index contributed by atoms with van der Waals surface area (Å²) in [6, 6.07) is 0. The average Bonchev–Trinajstić information content (AvgIpc) is 2.02. The van der Waals surface area contributed by atoms with E-state index in [2.05, 4.69) is 45.2 Å². The van der Waals surface area contributed by atoms with E-state index in [0.717, 1.165) is 0 Å². The molecule has 3 unspecified atom stereocenters. The van der Waals surface area contributed by atoms with Crippen molar-refractivity contribution in [3.05, 3.63) is 11.6 Å². The second-order valence-corrected chi connectivity index (χ2v) is 5.30. The second-order valence-electron chi connectivity index (χ2n) is 3.41. The standard InChI is InChI=1S/C7H10S2/c1-6(8)3-4-5(6)7(4,2)9/h3,5,8-9H,1-2H3. The van der Waals surface area contributed by atoms with E-state index >= 15 is 0 Å². The Kier molecular flexibility index (Phi) is 0.847. The highest BCUT2D eigenvalue weighted by Crippen LogP contribution is 2.69. The minimum absolute atomic E-state index is 0.145. The number of hydrogen-bond acceptors (Lipinski definition) is 2. The fraction of sp³-hybridized carbons (Fsp3) is 0.714. The molecule has 50 valence electrons. The Bertz CT molecular complexity index is 193. The van der Waals surface area contributed by atoms with Crippen LogP contribution in [-0.2, 0) is 0 Å². The predicted molar refractivity (Wildman–Crippen MR) is 46.4 cm³/mol. The van der Waals surface area contributed by atoms with Crippen LogP contribution in [0.25, 0.3) is 0 Å². The number of thiol groups is 2. The molecular weight excluding hydrogens is 148 g/mol. The third-order valence-corrected chi connectivity index (χ3v) is 3.31. The summed E-state index contributed by atoms with van der Waals surface area (Å²) in [7, 11) is 0. The van der Waals surface area contributed by atoms with Crippen molar-refractivity contribution >= 4 is 25.3 Å². The predicted octanol–water partition coefficient (Wildman–Crippen LogP) is 1.93. The van der Waals surface area contributed by atoms with Gasteiger partial charge in [-0.3, -0.25) is 0 Å². The van der Waals surface area contributed by atoms with Gasteiger partial charge in [0.05, 0.1) is 0 Å².